The standard InChI is InChI=1S/C28H33FN4O3.C13H13FN2O2/c1-18-16-22(29)10-13-25(18)33-17-24(19(2)32-33)27(20-6-4-3-5-7-20)31-23-11-8-21(9-12-23)28(36)30-15-14-26(34)35;1-8-6-10(14)4-5-12(8)16(3)7-11(13(17)18)9(2)15-16/h8-13,16-17,20,27,31H,3-7,14-15H2,1-2H3,(H,30,36)(H,34,35);4-7H,1-3H3/p+1. The number of nitrogens with one attached hydrogen (secondary N) is 2. The van der Waals surface area contributed by atoms with Crippen molar-refractivity contribution < 1.29 is 33.4 Å². The lowest BCUT2D eigenvalue weighted by atomic mass is 9.81. The molecule has 2 heterocycles. The van der Waals surface area contributed by atoms with Gasteiger partial charge in [0, 0.05) is 41.2 Å². The van der Waals surface area contributed by atoms with Crippen LogP contribution in [0.3, 0.4) is 0 Å². The molecule has 4 N–H and O–H groups in total. The Hall–Kier alpha value is -5.69. The molecule has 1 aliphatic heterocycles. The topological polar surface area (TPSA) is 146 Å². The molecule has 284 valence electrons. The van der Waals surface area contributed by atoms with E-state index in [0.717, 1.165) is 52.3 Å². The van der Waals surface area contributed by atoms with Gasteiger partial charge in [-0.1, -0.05) is 24.4 Å². The molecule has 3 aromatic carbocycles. The molecule has 0 saturated heterocycles. The summed E-state index contributed by atoms with van der Waals surface area (Å²) in [6.07, 6.45) is 9.39. The molecule has 1 saturated carbocycles. The van der Waals surface area contributed by atoms with Crippen molar-refractivity contribution in [2.45, 2.75) is 72.3 Å². The van der Waals surface area contributed by atoms with Crippen molar-refractivity contribution in [2.75, 3.05) is 18.9 Å². The molecule has 1 aliphatic carbocycles. The zero-order valence-electron chi connectivity index (χ0n) is 31.2. The average molecular weight is 742 g/mol. The van der Waals surface area contributed by atoms with Gasteiger partial charge in [0.15, 0.2) is 5.69 Å². The van der Waals surface area contributed by atoms with Crippen LogP contribution < -0.4 is 15.2 Å². The number of amides is 1. The molecule has 2 aliphatic rings. The summed E-state index contributed by atoms with van der Waals surface area (Å²) in [5, 5.41) is 33.2. The minimum atomic E-state index is -1.00. The molecule has 11 nitrogen and oxygen atoms in total. The van der Waals surface area contributed by atoms with E-state index in [1.807, 2.05) is 36.9 Å². The van der Waals surface area contributed by atoms with Gasteiger partial charge in [-0.25, -0.2) is 18.3 Å². The number of carboxylic acid groups (broad SMARTS) is 2. The zero-order valence-corrected chi connectivity index (χ0v) is 31.2. The third kappa shape index (κ3) is 9.45. The molecule has 6 rings (SSSR count). The number of rotatable bonds is 11. The quantitative estimate of drug-likeness (QED) is 0.114. The number of carboxylic acids is 2. The van der Waals surface area contributed by atoms with Crippen molar-refractivity contribution in [1.82, 2.24) is 19.7 Å². The lowest BCUT2D eigenvalue weighted by Crippen LogP contribution is -2.31. The Bertz CT molecular complexity index is 2090. The summed E-state index contributed by atoms with van der Waals surface area (Å²) in [6.45, 7) is 7.41. The fraction of sp³-hybridized carbons (Fsp3) is 0.341. The number of benzene rings is 3. The van der Waals surface area contributed by atoms with Crippen molar-refractivity contribution in [2.24, 2.45) is 11.0 Å². The van der Waals surface area contributed by atoms with Crippen molar-refractivity contribution in [3.63, 3.8) is 0 Å². The number of anilines is 1. The molecule has 2 unspecified atom stereocenters. The first-order valence-corrected chi connectivity index (χ1v) is 18.0. The second kappa shape index (κ2) is 17.0. The van der Waals surface area contributed by atoms with E-state index in [0.29, 0.717) is 17.2 Å². The summed E-state index contributed by atoms with van der Waals surface area (Å²) in [5.74, 6) is -2.37. The van der Waals surface area contributed by atoms with Crippen LogP contribution in [0.15, 0.2) is 83.7 Å². The van der Waals surface area contributed by atoms with Gasteiger partial charge in [0.1, 0.15) is 36.2 Å². The highest BCUT2D eigenvalue weighted by Gasteiger charge is 2.35. The van der Waals surface area contributed by atoms with E-state index in [1.54, 1.807) is 51.4 Å². The number of nitrogens with zero attached hydrogens (tertiary/aromatic N) is 4. The van der Waals surface area contributed by atoms with E-state index in [4.69, 9.17) is 15.3 Å². The largest absolute Gasteiger partial charge is 0.481 e. The third-order valence-electron chi connectivity index (χ3n) is 9.90. The van der Waals surface area contributed by atoms with Gasteiger partial charge >= 0.3 is 11.9 Å². The smallest absolute Gasteiger partial charge is 0.343 e. The lowest BCUT2D eigenvalue weighted by Gasteiger charge is -2.31. The first-order chi connectivity index (χ1) is 25.6. The van der Waals surface area contributed by atoms with Gasteiger partial charge in [0.2, 0.25) is 0 Å². The van der Waals surface area contributed by atoms with Crippen LogP contribution in [0.4, 0.5) is 20.2 Å². The van der Waals surface area contributed by atoms with Gasteiger partial charge < -0.3 is 20.8 Å². The predicted molar refractivity (Wildman–Crippen MR) is 205 cm³/mol. The number of hydrogen-bond donors (Lipinski definition) is 4. The number of aromatic nitrogens is 2. The third-order valence-corrected chi connectivity index (χ3v) is 9.90. The maximum Gasteiger partial charge on any atom is 0.343 e. The first-order valence-electron chi connectivity index (χ1n) is 18.0. The van der Waals surface area contributed by atoms with Gasteiger partial charge in [-0.2, -0.15) is 5.10 Å². The number of carbonyl (C=O) groups excluding carboxylic acids is 1. The van der Waals surface area contributed by atoms with E-state index >= 15 is 0 Å². The average Bonchev–Trinajstić information content (AvgIpc) is 3.66. The Morgan fingerprint density at radius 2 is 1.56 bits per heavy atom. The summed E-state index contributed by atoms with van der Waals surface area (Å²) < 4.78 is 28.6. The second-order valence-corrected chi connectivity index (χ2v) is 14.0. The van der Waals surface area contributed by atoms with E-state index < -0.39 is 11.9 Å². The maximum absolute atomic E-state index is 13.6. The van der Waals surface area contributed by atoms with Gasteiger partial charge in [-0.05, 0) is 107 Å². The van der Waals surface area contributed by atoms with Gasteiger partial charge in [0.25, 0.3) is 5.91 Å². The van der Waals surface area contributed by atoms with Gasteiger partial charge in [-0.3, -0.25) is 9.59 Å². The zero-order chi connectivity index (χ0) is 39.2. The molecule has 1 aromatic heterocycles. The minimum absolute atomic E-state index is 0.000417. The lowest BCUT2D eigenvalue weighted by molar-refractivity contribution is -0.137. The van der Waals surface area contributed by atoms with Crippen LogP contribution in [-0.2, 0) is 9.59 Å². The molecule has 4 aromatic rings. The number of carbonyl (C=O) groups is 3. The summed E-state index contributed by atoms with van der Waals surface area (Å²) in [7, 11) is 1.76. The van der Waals surface area contributed by atoms with Crippen molar-refractivity contribution in [3.05, 3.63) is 118 Å². The summed E-state index contributed by atoms with van der Waals surface area (Å²) >= 11 is 0. The predicted octanol–water partition coefficient (Wildman–Crippen LogP) is 8.00. The van der Waals surface area contributed by atoms with Crippen LogP contribution in [0.25, 0.3) is 5.69 Å². The van der Waals surface area contributed by atoms with Crippen LogP contribution in [0.1, 0.15) is 84.2 Å². The van der Waals surface area contributed by atoms with Crippen LogP contribution >= 0.6 is 0 Å². The number of halogens is 2. The van der Waals surface area contributed by atoms with Crippen molar-refractivity contribution in [3.8, 4) is 5.69 Å². The molecular formula is C41H47F2N6O5+. The Labute approximate surface area is 313 Å². The summed E-state index contributed by atoms with van der Waals surface area (Å²) in [4.78, 5) is 34.0. The van der Waals surface area contributed by atoms with E-state index in [9.17, 15) is 23.2 Å². The van der Waals surface area contributed by atoms with Gasteiger partial charge in [-0.15, -0.1) is 4.59 Å². The molecule has 13 heteroatoms. The summed E-state index contributed by atoms with van der Waals surface area (Å²) in [5.41, 5.74) is 7.24. The first kappa shape index (κ1) is 39.5. The molecular weight excluding hydrogens is 694 g/mol. The normalized spacial score (nSPS) is 17.5. The molecule has 1 amide bonds. The Balaban J connectivity index is 0.000000260. The molecule has 0 radical (unpaired) electrons. The fourth-order valence-electron chi connectivity index (χ4n) is 7.18. The fourth-order valence-corrected chi connectivity index (χ4v) is 7.18. The van der Waals surface area contributed by atoms with Crippen molar-refractivity contribution >= 4 is 34.9 Å². The number of aryl methyl sites for hydroxylation is 3. The van der Waals surface area contributed by atoms with Gasteiger partial charge in [0.05, 0.1) is 23.8 Å². The van der Waals surface area contributed by atoms with Crippen LogP contribution in [0.2, 0.25) is 0 Å². The van der Waals surface area contributed by atoms with E-state index in [2.05, 4.69) is 15.7 Å². The number of hydrogen-bond acceptors (Lipinski definition) is 6. The van der Waals surface area contributed by atoms with E-state index in [1.165, 1.54) is 43.5 Å². The Morgan fingerprint density at radius 1 is 0.907 bits per heavy atom. The Kier molecular flexibility index (Phi) is 12.4. The number of quaternary nitrogens is 1. The number of aliphatic carboxylic acids is 2. The van der Waals surface area contributed by atoms with E-state index in [-0.39, 0.29) is 46.7 Å². The molecule has 2 atom stereocenters. The van der Waals surface area contributed by atoms with Crippen molar-refractivity contribution in [1.29, 1.82) is 0 Å². The van der Waals surface area contributed by atoms with Crippen LogP contribution in [0.5, 0.6) is 0 Å². The SMILES string of the molecule is CC1=N[N+](C)(c2ccc(F)cc2C)C=C1C(=O)O.Cc1cc(F)ccc1-n1cc(C(Nc2ccc(C(=O)NCCC(=O)O)cc2)C2CCCCC2)c(C)n1. The molecule has 0 spiro atoms. The van der Waals surface area contributed by atoms with Crippen LogP contribution in [0, 0.1) is 38.3 Å². The molecule has 1 fully saturated rings. The highest BCUT2D eigenvalue weighted by Crippen LogP contribution is 2.38. The summed E-state index contributed by atoms with van der Waals surface area (Å²) in [6, 6.07) is 16.4. The Morgan fingerprint density at radius 3 is 2.15 bits per heavy atom. The maximum atomic E-state index is 13.6. The van der Waals surface area contributed by atoms with Crippen LogP contribution in [-0.4, -0.2) is 57.1 Å². The molecule has 54 heavy (non-hydrogen) atoms. The monoisotopic (exact) mass is 741 g/mol. The second-order valence-electron chi connectivity index (χ2n) is 14.0. The molecule has 0 bridgehead atoms. The highest BCUT2D eigenvalue weighted by atomic mass is 19.1. The highest BCUT2D eigenvalue weighted by molar-refractivity contribution is 6.19. The minimum Gasteiger partial charge on any atom is -0.481 e.